The van der Waals surface area contributed by atoms with Crippen molar-refractivity contribution in [3.05, 3.63) is 35.9 Å². The second-order valence-corrected chi connectivity index (χ2v) is 4.49. The first-order chi connectivity index (χ1) is 9.23. The predicted molar refractivity (Wildman–Crippen MR) is 75.1 cm³/mol. The molecule has 21 heavy (non-hydrogen) atoms. The van der Waals surface area contributed by atoms with Crippen LogP contribution in [0.3, 0.4) is 0 Å². The third-order valence-corrected chi connectivity index (χ3v) is 2.64. The fourth-order valence-electron chi connectivity index (χ4n) is 1.52. The average molecular weight is 327 g/mol. The molecule has 0 saturated carbocycles. The van der Waals surface area contributed by atoms with Gasteiger partial charge in [-0.05, 0) is 12.5 Å². The summed E-state index contributed by atoms with van der Waals surface area (Å²) in [6.45, 7) is -0.0552. The zero-order valence-electron chi connectivity index (χ0n) is 11.4. The Labute approximate surface area is 127 Å². The van der Waals surface area contributed by atoms with E-state index in [1.165, 1.54) is 6.92 Å². The number of nitrogens with two attached hydrogens (primary N) is 1. The van der Waals surface area contributed by atoms with Gasteiger partial charge in [0.25, 0.3) is 0 Å². The Morgan fingerprint density at radius 3 is 2.38 bits per heavy atom. The normalized spacial score (nSPS) is 14.0. The molecule has 0 spiro atoms. The Morgan fingerprint density at radius 1 is 1.29 bits per heavy atom. The van der Waals surface area contributed by atoms with Crippen LogP contribution in [0.4, 0.5) is 13.2 Å². The first-order valence-corrected chi connectivity index (χ1v) is 6.00. The third kappa shape index (κ3) is 6.79. The minimum absolute atomic E-state index is 0. The number of rotatable bonds is 6. The molecular formula is C13H18ClF3N2O2. The van der Waals surface area contributed by atoms with Crippen LogP contribution in [0.5, 0.6) is 0 Å². The molecule has 4 nitrogen and oxygen atoms in total. The van der Waals surface area contributed by atoms with E-state index in [1.807, 2.05) is 0 Å². The van der Waals surface area contributed by atoms with Gasteiger partial charge in [0.15, 0.2) is 0 Å². The molecule has 3 N–H and O–H groups in total. The molecule has 1 aromatic carbocycles. The van der Waals surface area contributed by atoms with Gasteiger partial charge >= 0.3 is 6.18 Å². The summed E-state index contributed by atoms with van der Waals surface area (Å²) in [7, 11) is 0. The zero-order chi connectivity index (χ0) is 15.2. The predicted octanol–water partition coefficient (Wildman–Crippen LogP) is 1.98. The lowest BCUT2D eigenvalue weighted by atomic mass is 9.92. The van der Waals surface area contributed by atoms with Crippen LogP contribution in [0, 0.1) is 0 Å². The summed E-state index contributed by atoms with van der Waals surface area (Å²) >= 11 is 0. The molecule has 1 aromatic rings. The van der Waals surface area contributed by atoms with E-state index < -0.39 is 24.2 Å². The van der Waals surface area contributed by atoms with E-state index in [0.717, 1.165) is 0 Å². The van der Waals surface area contributed by atoms with Gasteiger partial charge in [0.2, 0.25) is 5.91 Å². The number of carbonyl (C=O) groups excluding carboxylic acids is 1. The molecule has 0 saturated heterocycles. The van der Waals surface area contributed by atoms with Crippen LogP contribution in [-0.2, 0) is 15.1 Å². The summed E-state index contributed by atoms with van der Waals surface area (Å²) in [5, 5.41) is 2.45. The molecule has 0 bridgehead atoms. The number of alkyl halides is 3. The third-order valence-electron chi connectivity index (χ3n) is 2.64. The van der Waals surface area contributed by atoms with Crippen molar-refractivity contribution < 1.29 is 22.7 Å². The van der Waals surface area contributed by atoms with Crippen LogP contribution in [-0.4, -0.2) is 31.8 Å². The number of halogens is 4. The molecular weight excluding hydrogens is 309 g/mol. The number of hydrogen-bond donors (Lipinski definition) is 2. The fourth-order valence-corrected chi connectivity index (χ4v) is 1.52. The maximum absolute atomic E-state index is 11.9. The van der Waals surface area contributed by atoms with Crippen molar-refractivity contribution in [2.45, 2.75) is 18.6 Å². The summed E-state index contributed by atoms with van der Waals surface area (Å²) < 4.78 is 39.8. The first-order valence-electron chi connectivity index (χ1n) is 6.00. The lowest BCUT2D eigenvalue weighted by Crippen LogP contribution is -2.49. The van der Waals surface area contributed by atoms with E-state index in [-0.39, 0.29) is 25.6 Å². The van der Waals surface area contributed by atoms with Gasteiger partial charge in [-0.2, -0.15) is 13.2 Å². The number of carbonyl (C=O) groups is 1. The lowest BCUT2D eigenvalue weighted by Gasteiger charge is -2.24. The van der Waals surface area contributed by atoms with Gasteiger partial charge in [0.05, 0.1) is 6.61 Å². The van der Waals surface area contributed by atoms with E-state index >= 15 is 0 Å². The summed E-state index contributed by atoms with van der Waals surface area (Å²) in [6.07, 6.45) is -4.36. The topological polar surface area (TPSA) is 64.4 Å². The number of hydrogen-bond acceptors (Lipinski definition) is 3. The van der Waals surface area contributed by atoms with Crippen molar-refractivity contribution in [3.63, 3.8) is 0 Å². The molecule has 0 fully saturated rings. The van der Waals surface area contributed by atoms with E-state index in [2.05, 4.69) is 10.1 Å². The molecule has 0 heterocycles. The molecule has 1 atom stereocenters. The van der Waals surface area contributed by atoms with Crippen LogP contribution in [0.15, 0.2) is 30.3 Å². The highest BCUT2D eigenvalue weighted by atomic mass is 35.5. The number of ether oxygens (including phenoxy) is 1. The van der Waals surface area contributed by atoms with Crippen molar-refractivity contribution in [1.82, 2.24) is 5.32 Å². The smallest absolute Gasteiger partial charge is 0.370 e. The minimum atomic E-state index is -4.36. The second kappa shape index (κ2) is 8.21. The van der Waals surface area contributed by atoms with Gasteiger partial charge in [0.1, 0.15) is 12.1 Å². The van der Waals surface area contributed by atoms with Crippen LogP contribution < -0.4 is 11.1 Å². The summed E-state index contributed by atoms with van der Waals surface area (Å²) in [4.78, 5) is 11.9. The Balaban J connectivity index is 0.00000400. The van der Waals surface area contributed by atoms with Gasteiger partial charge in [-0.3, -0.25) is 4.79 Å². The molecule has 0 aromatic heterocycles. The van der Waals surface area contributed by atoms with Crippen molar-refractivity contribution in [1.29, 1.82) is 0 Å². The summed E-state index contributed by atoms with van der Waals surface area (Å²) in [5.41, 5.74) is 5.31. The van der Waals surface area contributed by atoms with E-state index in [9.17, 15) is 18.0 Å². The monoisotopic (exact) mass is 326 g/mol. The standard InChI is InChI=1S/C13H17F3N2O2.ClH/c1-12(17,10-5-3-2-4-6-10)11(19)18-7-8-20-9-13(14,15)16;/h2-6H,7-9,17H2,1H3,(H,18,19);1H. The lowest BCUT2D eigenvalue weighted by molar-refractivity contribution is -0.173. The maximum atomic E-state index is 11.9. The van der Waals surface area contributed by atoms with Gasteiger partial charge in [0, 0.05) is 6.54 Å². The molecule has 1 unspecified atom stereocenters. The second-order valence-electron chi connectivity index (χ2n) is 4.49. The Kier molecular flexibility index (Phi) is 7.70. The molecule has 1 amide bonds. The highest BCUT2D eigenvalue weighted by Gasteiger charge is 2.30. The highest BCUT2D eigenvalue weighted by Crippen LogP contribution is 2.17. The molecule has 0 aliphatic rings. The van der Waals surface area contributed by atoms with Gasteiger partial charge in [-0.25, -0.2) is 0 Å². The van der Waals surface area contributed by atoms with E-state index in [0.29, 0.717) is 5.56 Å². The van der Waals surface area contributed by atoms with Crippen LogP contribution in [0.1, 0.15) is 12.5 Å². The number of nitrogens with one attached hydrogen (secondary N) is 1. The van der Waals surface area contributed by atoms with Crippen molar-refractivity contribution in [2.24, 2.45) is 5.73 Å². The molecule has 120 valence electrons. The van der Waals surface area contributed by atoms with E-state index in [4.69, 9.17) is 5.73 Å². The van der Waals surface area contributed by atoms with Crippen molar-refractivity contribution >= 4 is 18.3 Å². The average Bonchev–Trinajstić information content (AvgIpc) is 2.37. The number of benzene rings is 1. The molecule has 8 heteroatoms. The zero-order valence-corrected chi connectivity index (χ0v) is 12.3. The van der Waals surface area contributed by atoms with Gasteiger partial charge < -0.3 is 15.8 Å². The Morgan fingerprint density at radius 2 is 1.86 bits per heavy atom. The number of amides is 1. The van der Waals surface area contributed by atoms with Crippen LogP contribution in [0.25, 0.3) is 0 Å². The first kappa shape index (κ1) is 19.7. The van der Waals surface area contributed by atoms with Crippen LogP contribution in [0.2, 0.25) is 0 Å². The van der Waals surface area contributed by atoms with Crippen LogP contribution >= 0.6 is 12.4 Å². The van der Waals surface area contributed by atoms with Crippen molar-refractivity contribution in [2.75, 3.05) is 19.8 Å². The van der Waals surface area contributed by atoms with Gasteiger partial charge in [-0.15, -0.1) is 12.4 Å². The fraction of sp³-hybridized carbons (Fsp3) is 0.462. The Bertz CT molecular complexity index is 439. The summed E-state index contributed by atoms with van der Waals surface area (Å²) in [6, 6.07) is 8.71. The quantitative estimate of drug-likeness (QED) is 0.786. The minimum Gasteiger partial charge on any atom is -0.370 e. The molecule has 0 aliphatic carbocycles. The van der Waals surface area contributed by atoms with E-state index in [1.54, 1.807) is 30.3 Å². The highest BCUT2D eigenvalue weighted by molar-refractivity contribution is 5.86. The maximum Gasteiger partial charge on any atom is 0.411 e. The Hall–Kier alpha value is -1.31. The SMILES string of the molecule is CC(N)(C(=O)NCCOCC(F)(F)F)c1ccccc1.Cl. The summed E-state index contributed by atoms with van der Waals surface area (Å²) in [5.74, 6) is -0.473. The largest absolute Gasteiger partial charge is 0.411 e. The van der Waals surface area contributed by atoms with Gasteiger partial charge in [-0.1, -0.05) is 30.3 Å². The molecule has 1 rings (SSSR count). The molecule has 0 aliphatic heterocycles. The molecule has 0 radical (unpaired) electrons. The van der Waals surface area contributed by atoms with Crippen molar-refractivity contribution in [3.8, 4) is 0 Å².